The molecule has 124 valence electrons. The average Bonchev–Trinajstić information content (AvgIpc) is 2.47. The maximum atomic E-state index is 13.5. The first-order valence-corrected chi connectivity index (χ1v) is 7.59. The van der Waals surface area contributed by atoms with Crippen LogP contribution in [0.4, 0.5) is 4.39 Å². The molecule has 2 aromatic rings. The van der Waals surface area contributed by atoms with Gasteiger partial charge in [-0.1, -0.05) is 13.8 Å². The molecule has 0 aromatic carbocycles. The Kier molecular flexibility index (Phi) is 5.03. The van der Waals surface area contributed by atoms with E-state index in [1.165, 1.54) is 12.1 Å². The zero-order valence-electron chi connectivity index (χ0n) is 13.4. The molecule has 6 heteroatoms. The molecule has 0 radical (unpaired) electrons. The number of nitrogens with zero attached hydrogens (tertiary/aromatic N) is 1. The third-order valence-electron chi connectivity index (χ3n) is 3.63. The number of pyridine rings is 2. The van der Waals surface area contributed by atoms with Gasteiger partial charge in [-0.25, -0.2) is 9.18 Å². The van der Waals surface area contributed by atoms with Gasteiger partial charge in [0.1, 0.15) is 5.82 Å². The predicted molar refractivity (Wildman–Crippen MR) is 84.4 cm³/mol. The summed E-state index contributed by atoms with van der Waals surface area (Å²) in [4.78, 5) is 24.7. The van der Waals surface area contributed by atoms with Crippen LogP contribution in [0.5, 0.6) is 5.88 Å². The molecule has 2 heterocycles. The van der Waals surface area contributed by atoms with Crippen molar-refractivity contribution >= 4 is 11.5 Å². The first kappa shape index (κ1) is 17.0. The average molecular weight is 321 g/mol. The fourth-order valence-electron chi connectivity index (χ4n) is 2.45. The van der Waals surface area contributed by atoms with Crippen LogP contribution in [-0.2, 0) is 11.2 Å². The van der Waals surface area contributed by atoms with Gasteiger partial charge in [-0.3, -0.25) is 9.20 Å². The maximum Gasteiger partial charge on any atom is 0.347 e. The molecule has 2 rings (SSSR count). The summed E-state index contributed by atoms with van der Waals surface area (Å²) >= 11 is 0. The van der Waals surface area contributed by atoms with Gasteiger partial charge in [-0.05, 0) is 37.8 Å². The molecular formula is C17H20FNO4. The van der Waals surface area contributed by atoms with Gasteiger partial charge >= 0.3 is 5.97 Å². The number of hydrogen-bond acceptors (Lipinski definition) is 4. The van der Waals surface area contributed by atoms with Crippen molar-refractivity contribution < 1.29 is 19.0 Å². The van der Waals surface area contributed by atoms with Crippen LogP contribution in [0.3, 0.4) is 0 Å². The van der Waals surface area contributed by atoms with E-state index in [-0.39, 0.29) is 6.61 Å². The molecule has 0 aliphatic rings. The van der Waals surface area contributed by atoms with Gasteiger partial charge in [-0.2, -0.15) is 0 Å². The second kappa shape index (κ2) is 6.81. The summed E-state index contributed by atoms with van der Waals surface area (Å²) in [5, 5.41) is 10.2. The molecule has 0 saturated heterocycles. The molecular weight excluding hydrogens is 301 g/mol. The summed E-state index contributed by atoms with van der Waals surface area (Å²) in [6.07, 6.45) is 2.21. The number of rotatable bonds is 5. The highest BCUT2D eigenvalue weighted by Crippen LogP contribution is 2.22. The van der Waals surface area contributed by atoms with Gasteiger partial charge in [-0.15, -0.1) is 0 Å². The van der Waals surface area contributed by atoms with Crippen LogP contribution in [0, 0.1) is 11.7 Å². The molecule has 5 nitrogen and oxygen atoms in total. The second-order valence-electron chi connectivity index (χ2n) is 5.76. The van der Waals surface area contributed by atoms with Gasteiger partial charge < -0.3 is 9.84 Å². The van der Waals surface area contributed by atoms with Gasteiger partial charge in [0.2, 0.25) is 11.3 Å². The molecule has 2 aromatic heterocycles. The molecule has 23 heavy (non-hydrogen) atoms. The van der Waals surface area contributed by atoms with E-state index in [0.717, 1.165) is 17.0 Å². The standard InChI is InChI=1S/C17H20FNO4/c1-4-23-17(22)14-15(20)12(7-5-10(2)3)13-8-6-11(18)9-19(13)16(14)21/h6,8-10,21H,4-5,7H2,1-3H3. The minimum Gasteiger partial charge on any atom is -0.493 e. The van der Waals surface area contributed by atoms with Crippen molar-refractivity contribution in [2.24, 2.45) is 5.92 Å². The Labute approximate surface area is 133 Å². The smallest absolute Gasteiger partial charge is 0.347 e. The number of ether oxygens (including phenoxy) is 1. The quantitative estimate of drug-likeness (QED) is 0.860. The lowest BCUT2D eigenvalue weighted by Gasteiger charge is -2.14. The molecule has 0 fully saturated rings. The Morgan fingerprint density at radius 2 is 2.09 bits per heavy atom. The predicted octanol–water partition coefficient (Wildman–Crippen LogP) is 2.91. The van der Waals surface area contributed by atoms with E-state index in [4.69, 9.17) is 4.74 Å². The summed E-state index contributed by atoms with van der Waals surface area (Å²) in [6.45, 7) is 5.72. The largest absolute Gasteiger partial charge is 0.493 e. The molecule has 0 aliphatic heterocycles. The number of halogens is 1. The lowest BCUT2D eigenvalue weighted by atomic mass is 10.00. The Morgan fingerprint density at radius 1 is 1.39 bits per heavy atom. The molecule has 0 bridgehead atoms. The van der Waals surface area contributed by atoms with E-state index in [1.807, 2.05) is 13.8 Å². The van der Waals surface area contributed by atoms with Crippen LogP contribution in [0.1, 0.15) is 43.1 Å². The van der Waals surface area contributed by atoms with Crippen LogP contribution in [0.25, 0.3) is 5.52 Å². The van der Waals surface area contributed by atoms with E-state index >= 15 is 0 Å². The number of hydrogen-bond donors (Lipinski definition) is 1. The van der Waals surface area contributed by atoms with Gasteiger partial charge in [0.25, 0.3) is 0 Å². The highest BCUT2D eigenvalue weighted by molar-refractivity contribution is 5.92. The van der Waals surface area contributed by atoms with Gasteiger partial charge in [0, 0.05) is 11.8 Å². The highest BCUT2D eigenvalue weighted by atomic mass is 19.1. The number of fused-ring (bicyclic) bond motifs is 1. The van der Waals surface area contributed by atoms with Crippen molar-refractivity contribution in [2.75, 3.05) is 6.61 Å². The molecule has 0 aliphatic carbocycles. The minimum atomic E-state index is -0.903. The van der Waals surface area contributed by atoms with Gasteiger partial charge in [0.05, 0.1) is 12.1 Å². The third-order valence-corrected chi connectivity index (χ3v) is 3.63. The summed E-state index contributed by atoms with van der Waals surface area (Å²) in [5.74, 6) is -1.73. The summed E-state index contributed by atoms with van der Waals surface area (Å²) in [7, 11) is 0. The first-order valence-electron chi connectivity index (χ1n) is 7.59. The Bertz CT molecular complexity index is 795. The number of aryl methyl sites for hydroxylation is 1. The van der Waals surface area contributed by atoms with Crippen molar-refractivity contribution in [2.45, 2.75) is 33.6 Å². The highest BCUT2D eigenvalue weighted by Gasteiger charge is 2.24. The molecule has 0 spiro atoms. The van der Waals surface area contributed by atoms with E-state index in [2.05, 4.69) is 0 Å². The van der Waals surface area contributed by atoms with E-state index < -0.39 is 28.7 Å². The Hall–Kier alpha value is -2.37. The molecule has 0 saturated carbocycles. The lowest BCUT2D eigenvalue weighted by molar-refractivity contribution is 0.0520. The fraction of sp³-hybridized carbons (Fsp3) is 0.412. The number of esters is 1. The number of carbonyl (C=O) groups excluding carboxylic acids is 1. The Morgan fingerprint density at radius 3 is 2.70 bits per heavy atom. The summed E-state index contributed by atoms with van der Waals surface area (Å²) in [6, 6.07) is 2.65. The molecule has 0 amide bonds. The van der Waals surface area contributed by atoms with Crippen LogP contribution in [-0.4, -0.2) is 22.1 Å². The fourth-order valence-corrected chi connectivity index (χ4v) is 2.45. The lowest BCUT2D eigenvalue weighted by Crippen LogP contribution is -2.24. The van der Waals surface area contributed by atoms with Crippen LogP contribution in [0.15, 0.2) is 23.1 Å². The van der Waals surface area contributed by atoms with Crippen LogP contribution in [0.2, 0.25) is 0 Å². The van der Waals surface area contributed by atoms with Crippen molar-refractivity contribution in [1.29, 1.82) is 0 Å². The molecule has 1 N–H and O–H groups in total. The number of carbonyl (C=O) groups is 1. The van der Waals surface area contributed by atoms with Crippen molar-refractivity contribution in [1.82, 2.24) is 4.40 Å². The minimum absolute atomic E-state index is 0.0743. The van der Waals surface area contributed by atoms with E-state index in [0.29, 0.717) is 23.4 Å². The summed E-state index contributed by atoms with van der Waals surface area (Å²) < 4.78 is 19.5. The normalized spacial score (nSPS) is 11.2. The van der Waals surface area contributed by atoms with Crippen LogP contribution < -0.4 is 5.43 Å². The zero-order valence-corrected chi connectivity index (χ0v) is 13.4. The molecule has 0 unspecified atom stereocenters. The SMILES string of the molecule is CCOC(=O)c1c(O)n2cc(F)ccc2c(CCC(C)C)c1=O. The topological polar surface area (TPSA) is 68.0 Å². The van der Waals surface area contributed by atoms with Crippen molar-refractivity contribution in [3.63, 3.8) is 0 Å². The van der Waals surface area contributed by atoms with Crippen LogP contribution >= 0.6 is 0 Å². The van der Waals surface area contributed by atoms with Crippen molar-refractivity contribution in [3.8, 4) is 5.88 Å². The summed E-state index contributed by atoms with van der Waals surface area (Å²) in [5.41, 5.74) is -0.246. The second-order valence-corrected chi connectivity index (χ2v) is 5.76. The Balaban J connectivity index is 2.75. The van der Waals surface area contributed by atoms with E-state index in [9.17, 15) is 19.1 Å². The zero-order chi connectivity index (χ0) is 17.1. The van der Waals surface area contributed by atoms with Gasteiger partial charge in [0.15, 0.2) is 5.56 Å². The first-order chi connectivity index (χ1) is 10.9. The number of aromatic hydroxyl groups is 1. The van der Waals surface area contributed by atoms with Crippen molar-refractivity contribution in [3.05, 3.63) is 45.5 Å². The third kappa shape index (κ3) is 3.36. The molecule has 0 atom stereocenters. The maximum absolute atomic E-state index is 13.5. The monoisotopic (exact) mass is 321 g/mol. The number of aromatic nitrogens is 1. The van der Waals surface area contributed by atoms with E-state index in [1.54, 1.807) is 6.92 Å².